The van der Waals surface area contributed by atoms with Gasteiger partial charge in [0.05, 0.1) is 0 Å². The minimum Gasteiger partial charge on any atom is -0.444 e. The molecule has 2 heterocycles. The normalized spacial score (nSPS) is 16.0. The quantitative estimate of drug-likeness (QED) is 0.810. The molecule has 0 radical (unpaired) electrons. The second-order valence-corrected chi connectivity index (χ2v) is 7.15. The summed E-state index contributed by atoms with van der Waals surface area (Å²) in [6, 6.07) is 6.05. The van der Waals surface area contributed by atoms with Gasteiger partial charge in [0.1, 0.15) is 11.4 Å². The average Bonchev–Trinajstić information content (AvgIpc) is 2.54. The number of aromatic nitrogens is 1. The first-order valence-electron chi connectivity index (χ1n) is 8.79. The smallest absolute Gasteiger partial charge is 0.407 e. The van der Waals surface area contributed by atoms with Gasteiger partial charge in [0.25, 0.3) is 0 Å². The lowest BCUT2D eigenvalue weighted by atomic mass is 10.2. The van der Waals surface area contributed by atoms with E-state index in [0.29, 0.717) is 6.54 Å². The van der Waals surface area contributed by atoms with Gasteiger partial charge in [0.2, 0.25) is 0 Å². The van der Waals surface area contributed by atoms with Crippen molar-refractivity contribution >= 4 is 11.9 Å². The molecule has 0 spiro atoms. The molecule has 0 aliphatic carbocycles. The van der Waals surface area contributed by atoms with E-state index < -0.39 is 5.60 Å². The van der Waals surface area contributed by atoms with Gasteiger partial charge in [-0.1, -0.05) is 6.07 Å². The molecular weight excluding hydrogens is 304 g/mol. The molecule has 1 aliphatic heterocycles. The maximum absolute atomic E-state index is 11.5. The van der Waals surface area contributed by atoms with E-state index in [2.05, 4.69) is 26.2 Å². The Morgan fingerprint density at radius 2 is 1.96 bits per heavy atom. The number of ether oxygens (including phenoxy) is 1. The van der Waals surface area contributed by atoms with Gasteiger partial charge in [0.15, 0.2) is 0 Å². The van der Waals surface area contributed by atoms with Crippen LogP contribution in [0.15, 0.2) is 24.4 Å². The molecular formula is C18H30N4O2. The van der Waals surface area contributed by atoms with Crippen molar-refractivity contribution in [2.45, 2.75) is 39.2 Å². The number of carbonyl (C=O) groups is 1. The lowest BCUT2D eigenvalue weighted by Crippen LogP contribution is -2.47. The highest BCUT2D eigenvalue weighted by molar-refractivity contribution is 5.67. The van der Waals surface area contributed by atoms with E-state index >= 15 is 0 Å². The van der Waals surface area contributed by atoms with Gasteiger partial charge >= 0.3 is 6.09 Å². The topological polar surface area (TPSA) is 57.7 Å². The molecule has 0 aromatic carbocycles. The third-order valence-electron chi connectivity index (χ3n) is 3.91. The molecule has 0 unspecified atom stereocenters. The highest BCUT2D eigenvalue weighted by atomic mass is 16.6. The summed E-state index contributed by atoms with van der Waals surface area (Å²) in [5, 5.41) is 2.81. The molecule has 6 nitrogen and oxygen atoms in total. The van der Waals surface area contributed by atoms with E-state index in [4.69, 9.17) is 4.74 Å². The summed E-state index contributed by atoms with van der Waals surface area (Å²) in [6.45, 7) is 11.5. The van der Waals surface area contributed by atoms with E-state index in [9.17, 15) is 4.79 Å². The Bertz CT molecular complexity index is 493. The fourth-order valence-electron chi connectivity index (χ4n) is 2.71. The molecule has 24 heavy (non-hydrogen) atoms. The number of nitrogens with zero attached hydrogens (tertiary/aromatic N) is 3. The molecule has 2 rings (SSSR count). The summed E-state index contributed by atoms with van der Waals surface area (Å²) in [5.74, 6) is 1.07. The fraction of sp³-hybridized carbons (Fsp3) is 0.667. The summed E-state index contributed by atoms with van der Waals surface area (Å²) >= 11 is 0. The largest absolute Gasteiger partial charge is 0.444 e. The third-order valence-corrected chi connectivity index (χ3v) is 3.91. The van der Waals surface area contributed by atoms with E-state index in [1.165, 1.54) is 0 Å². The Morgan fingerprint density at radius 1 is 1.21 bits per heavy atom. The van der Waals surface area contributed by atoms with Crippen LogP contribution in [0.5, 0.6) is 0 Å². The zero-order valence-corrected chi connectivity index (χ0v) is 15.1. The molecule has 1 N–H and O–H groups in total. The van der Waals surface area contributed by atoms with Gasteiger partial charge in [-0.15, -0.1) is 0 Å². The molecule has 1 aliphatic rings. The van der Waals surface area contributed by atoms with Crippen molar-refractivity contribution in [3.05, 3.63) is 24.4 Å². The second kappa shape index (κ2) is 8.87. The Hall–Kier alpha value is -1.82. The standard InChI is InChI=1S/C18H30N4O2/c1-18(2,3)24-17(23)20-10-6-7-11-21-12-14-22(15-13-21)16-8-4-5-9-19-16/h4-5,8-9H,6-7,10-15H2,1-3H3,(H,20,23). The van der Waals surface area contributed by atoms with Crippen LogP contribution in [-0.2, 0) is 4.74 Å². The van der Waals surface area contributed by atoms with Crippen molar-refractivity contribution in [3.8, 4) is 0 Å². The Labute approximate surface area is 145 Å². The first-order valence-corrected chi connectivity index (χ1v) is 8.79. The van der Waals surface area contributed by atoms with Crippen LogP contribution in [0, 0.1) is 0 Å². The molecule has 0 saturated carbocycles. The monoisotopic (exact) mass is 334 g/mol. The molecule has 1 fully saturated rings. The van der Waals surface area contributed by atoms with Crippen LogP contribution in [0.3, 0.4) is 0 Å². The van der Waals surface area contributed by atoms with Crippen LogP contribution in [0.1, 0.15) is 33.6 Å². The molecule has 134 valence electrons. The molecule has 1 saturated heterocycles. The number of hydrogen-bond donors (Lipinski definition) is 1. The number of alkyl carbamates (subject to hydrolysis) is 1. The number of amides is 1. The first-order chi connectivity index (χ1) is 11.4. The zero-order valence-electron chi connectivity index (χ0n) is 15.1. The van der Waals surface area contributed by atoms with Crippen molar-refractivity contribution in [2.75, 3.05) is 44.2 Å². The minimum atomic E-state index is -0.433. The number of carbonyl (C=O) groups excluding carboxylic acids is 1. The number of pyridine rings is 1. The van der Waals surface area contributed by atoms with Gasteiger partial charge in [-0.2, -0.15) is 0 Å². The zero-order chi connectivity index (χ0) is 17.4. The van der Waals surface area contributed by atoms with Crippen LogP contribution in [0.25, 0.3) is 0 Å². The number of rotatable bonds is 6. The summed E-state index contributed by atoms with van der Waals surface area (Å²) in [4.78, 5) is 20.8. The molecule has 1 aromatic heterocycles. The Balaban J connectivity index is 1.54. The van der Waals surface area contributed by atoms with E-state index in [-0.39, 0.29) is 6.09 Å². The lowest BCUT2D eigenvalue weighted by molar-refractivity contribution is 0.0526. The van der Waals surface area contributed by atoms with Crippen molar-refractivity contribution < 1.29 is 9.53 Å². The van der Waals surface area contributed by atoms with Crippen LogP contribution in [-0.4, -0.2) is 60.8 Å². The maximum atomic E-state index is 11.5. The number of nitrogens with one attached hydrogen (secondary N) is 1. The number of anilines is 1. The van der Waals surface area contributed by atoms with Gasteiger partial charge in [-0.25, -0.2) is 9.78 Å². The summed E-state index contributed by atoms with van der Waals surface area (Å²) in [6.07, 6.45) is 3.57. The van der Waals surface area contributed by atoms with Crippen molar-refractivity contribution in [2.24, 2.45) is 0 Å². The molecule has 1 aromatic rings. The van der Waals surface area contributed by atoms with E-state index in [1.54, 1.807) is 0 Å². The van der Waals surface area contributed by atoms with E-state index in [1.807, 2.05) is 39.1 Å². The molecule has 0 atom stereocenters. The maximum Gasteiger partial charge on any atom is 0.407 e. The average molecular weight is 334 g/mol. The lowest BCUT2D eigenvalue weighted by Gasteiger charge is -2.35. The summed E-state index contributed by atoms with van der Waals surface area (Å²) in [5.41, 5.74) is -0.433. The molecule has 1 amide bonds. The van der Waals surface area contributed by atoms with Gasteiger partial charge in [-0.3, -0.25) is 4.90 Å². The van der Waals surface area contributed by atoms with E-state index in [0.717, 1.165) is 51.4 Å². The highest BCUT2D eigenvalue weighted by Gasteiger charge is 2.18. The third kappa shape index (κ3) is 6.74. The number of hydrogen-bond acceptors (Lipinski definition) is 5. The highest BCUT2D eigenvalue weighted by Crippen LogP contribution is 2.12. The predicted octanol–water partition coefficient (Wildman–Crippen LogP) is 2.51. The van der Waals surface area contributed by atoms with Gasteiger partial charge in [-0.05, 0) is 52.3 Å². The molecule has 0 bridgehead atoms. The van der Waals surface area contributed by atoms with Gasteiger partial charge < -0.3 is 15.0 Å². The number of unbranched alkanes of at least 4 members (excludes halogenated alkanes) is 1. The SMILES string of the molecule is CC(C)(C)OC(=O)NCCCCN1CCN(c2ccccn2)CC1. The Kier molecular flexibility index (Phi) is 6.85. The van der Waals surface area contributed by atoms with Crippen LogP contribution in [0.2, 0.25) is 0 Å². The van der Waals surface area contributed by atoms with Crippen LogP contribution < -0.4 is 10.2 Å². The van der Waals surface area contributed by atoms with Crippen molar-refractivity contribution in [1.82, 2.24) is 15.2 Å². The van der Waals surface area contributed by atoms with Gasteiger partial charge in [0, 0.05) is 38.9 Å². The summed E-state index contributed by atoms with van der Waals surface area (Å²) in [7, 11) is 0. The fourth-order valence-corrected chi connectivity index (χ4v) is 2.71. The Morgan fingerprint density at radius 3 is 2.58 bits per heavy atom. The number of piperazine rings is 1. The summed E-state index contributed by atoms with van der Waals surface area (Å²) < 4.78 is 5.22. The van der Waals surface area contributed by atoms with Crippen molar-refractivity contribution in [3.63, 3.8) is 0 Å². The van der Waals surface area contributed by atoms with Crippen LogP contribution >= 0.6 is 0 Å². The van der Waals surface area contributed by atoms with Crippen LogP contribution in [0.4, 0.5) is 10.6 Å². The first kappa shape index (κ1) is 18.5. The molecule has 6 heteroatoms. The predicted molar refractivity (Wildman–Crippen MR) is 96.4 cm³/mol. The van der Waals surface area contributed by atoms with Crippen molar-refractivity contribution in [1.29, 1.82) is 0 Å². The second-order valence-electron chi connectivity index (χ2n) is 7.15. The minimum absolute atomic E-state index is 0.327.